The first-order chi connectivity index (χ1) is 8.18. The van der Waals surface area contributed by atoms with E-state index < -0.39 is 7.82 Å². The summed E-state index contributed by atoms with van der Waals surface area (Å²) in [6, 6.07) is 0. The second kappa shape index (κ2) is 11.6. The molecule has 0 heterocycles. The van der Waals surface area contributed by atoms with Gasteiger partial charge in [0.05, 0.1) is 63.4 Å². The summed E-state index contributed by atoms with van der Waals surface area (Å²) in [7, 11) is -2.26. The van der Waals surface area contributed by atoms with Crippen LogP contribution >= 0.6 is 31.6 Å². The second-order valence-electron chi connectivity index (χ2n) is 2.64. The molecule has 0 N–H and O–H groups in total. The minimum absolute atomic E-state index is 0.0329. The summed E-state index contributed by atoms with van der Waals surface area (Å²) < 4.78 is 38.6. The van der Waals surface area contributed by atoms with Crippen molar-refractivity contribution in [1.82, 2.24) is 0 Å². The average molecular weight is 313 g/mol. The predicted octanol–water partition coefficient (Wildman–Crippen LogP) is 2.13. The normalized spacial score (nSPS) is 11.9. The largest absolute Gasteiger partial charge is 0.507 e. The molecule has 0 atom stereocenters. The Labute approximate surface area is 110 Å². The van der Waals surface area contributed by atoms with Crippen LogP contribution in [0.5, 0.6) is 0 Å². The number of hydrogen-bond acceptors (Lipinski definition) is 7. The number of phosphoric acid groups is 1. The zero-order chi connectivity index (χ0) is 13.0. The van der Waals surface area contributed by atoms with Crippen LogP contribution in [0, 0.1) is 0 Å². The highest BCUT2D eigenvalue weighted by Crippen LogP contribution is 2.51. The van der Waals surface area contributed by atoms with Crippen molar-refractivity contribution < 1.29 is 31.5 Å². The van der Waals surface area contributed by atoms with Gasteiger partial charge in [-0.25, -0.2) is 4.57 Å². The molecule has 0 aliphatic rings. The van der Waals surface area contributed by atoms with Gasteiger partial charge in [-0.3, -0.25) is 4.52 Å². The van der Waals surface area contributed by atoms with E-state index in [-0.39, 0.29) is 13.2 Å². The van der Waals surface area contributed by atoms with Crippen molar-refractivity contribution in [2.24, 2.45) is 0 Å². The molecule has 0 aromatic carbocycles. The molecular weight excluding hydrogens is 298 g/mol. The fourth-order valence-electron chi connectivity index (χ4n) is 0.723. The SMILES string of the molecule is COCCOCCOCCOP(=O)(OCl)OCl. The maximum absolute atomic E-state index is 11.1. The molecule has 10 heteroatoms. The van der Waals surface area contributed by atoms with Gasteiger partial charge in [0.2, 0.25) is 0 Å². The summed E-state index contributed by atoms with van der Waals surface area (Å²) in [5.41, 5.74) is 0. The molecule has 0 fully saturated rings. The molecule has 104 valence electrons. The van der Waals surface area contributed by atoms with Gasteiger partial charge in [-0.2, -0.15) is 8.15 Å². The van der Waals surface area contributed by atoms with Crippen LogP contribution in [-0.2, 0) is 31.5 Å². The molecule has 0 aromatic heterocycles. The van der Waals surface area contributed by atoms with Crippen LogP contribution in [0.15, 0.2) is 0 Å². The van der Waals surface area contributed by atoms with Crippen molar-refractivity contribution in [3.63, 3.8) is 0 Å². The fourth-order valence-corrected chi connectivity index (χ4v) is 1.62. The third kappa shape index (κ3) is 10.2. The van der Waals surface area contributed by atoms with Crippen molar-refractivity contribution in [3.05, 3.63) is 0 Å². The molecule has 0 rings (SSSR count). The maximum Gasteiger partial charge on any atom is 0.507 e. The molecule has 0 amide bonds. The van der Waals surface area contributed by atoms with Crippen LogP contribution in [0.25, 0.3) is 0 Å². The molecule has 7 nitrogen and oxygen atoms in total. The standard InChI is InChI=1S/C7H15Cl2O7P/c1-11-2-3-12-4-5-13-6-7-14-17(10,15-8)16-9/h2-7H2,1H3. The van der Waals surface area contributed by atoms with Crippen LogP contribution < -0.4 is 0 Å². The quantitative estimate of drug-likeness (QED) is 0.404. The fraction of sp³-hybridized carbons (Fsp3) is 1.00. The molecule has 17 heavy (non-hydrogen) atoms. The minimum atomic E-state index is -3.85. The van der Waals surface area contributed by atoms with Crippen LogP contribution in [0.2, 0.25) is 0 Å². The molecule has 0 saturated heterocycles. The lowest BCUT2D eigenvalue weighted by Crippen LogP contribution is -2.11. The van der Waals surface area contributed by atoms with Gasteiger partial charge in [-0.15, -0.1) is 0 Å². The third-order valence-corrected chi connectivity index (χ3v) is 3.30. The van der Waals surface area contributed by atoms with Crippen molar-refractivity contribution >= 4 is 31.6 Å². The van der Waals surface area contributed by atoms with E-state index in [1.54, 1.807) is 7.11 Å². The Balaban J connectivity index is 3.26. The Hall–Kier alpha value is 0.570. The average Bonchev–Trinajstić information content (AvgIpc) is 2.36. The van der Waals surface area contributed by atoms with E-state index >= 15 is 0 Å². The van der Waals surface area contributed by atoms with Gasteiger partial charge < -0.3 is 14.2 Å². The lowest BCUT2D eigenvalue weighted by molar-refractivity contribution is 0.0162. The number of rotatable bonds is 12. The van der Waals surface area contributed by atoms with Crippen LogP contribution in [0.4, 0.5) is 0 Å². The van der Waals surface area contributed by atoms with E-state index in [0.29, 0.717) is 26.4 Å². The first-order valence-electron chi connectivity index (χ1n) is 4.68. The Kier molecular flexibility index (Phi) is 12.0. The number of hydrogen-bond donors (Lipinski definition) is 0. The number of halogens is 2. The predicted molar refractivity (Wildman–Crippen MR) is 60.9 cm³/mol. The van der Waals surface area contributed by atoms with E-state index in [9.17, 15) is 4.57 Å². The molecule has 0 unspecified atom stereocenters. The zero-order valence-corrected chi connectivity index (χ0v) is 11.7. The third-order valence-electron chi connectivity index (χ3n) is 1.45. The Morgan fingerprint density at radius 2 is 1.35 bits per heavy atom. The lowest BCUT2D eigenvalue weighted by atomic mass is 10.7. The Morgan fingerprint density at radius 1 is 0.882 bits per heavy atom. The first kappa shape index (κ1) is 17.6. The molecule has 0 spiro atoms. The number of ether oxygens (including phenoxy) is 3. The second-order valence-corrected chi connectivity index (χ2v) is 4.89. The molecule has 0 saturated carbocycles. The van der Waals surface area contributed by atoms with Crippen molar-refractivity contribution in [2.75, 3.05) is 46.8 Å². The van der Waals surface area contributed by atoms with Crippen molar-refractivity contribution in [2.45, 2.75) is 0 Å². The molecule has 0 radical (unpaired) electrons. The summed E-state index contributed by atoms with van der Waals surface area (Å²) in [5.74, 6) is 0. The van der Waals surface area contributed by atoms with Crippen LogP contribution in [-0.4, -0.2) is 46.8 Å². The highest BCUT2D eigenvalue weighted by Gasteiger charge is 2.26. The van der Waals surface area contributed by atoms with Gasteiger partial charge in [0, 0.05) is 7.11 Å². The lowest BCUT2D eigenvalue weighted by Gasteiger charge is -2.09. The summed E-state index contributed by atoms with van der Waals surface area (Å²) in [4.78, 5) is 0. The van der Waals surface area contributed by atoms with E-state index in [1.807, 2.05) is 0 Å². The Bertz CT molecular complexity index is 210. The monoisotopic (exact) mass is 312 g/mol. The molecular formula is C7H15Cl2O7P. The maximum atomic E-state index is 11.1. The van der Waals surface area contributed by atoms with Crippen LogP contribution in [0.1, 0.15) is 0 Å². The highest BCUT2D eigenvalue weighted by molar-refractivity contribution is 7.50. The van der Waals surface area contributed by atoms with Gasteiger partial charge in [0.1, 0.15) is 0 Å². The summed E-state index contributed by atoms with van der Waals surface area (Å²) in [5, 5.41) is 0. The topological polar surface area (TPSA) is 72.5 Å². The molecule has 0 aliphatic carbocycles. The minimum Gasteiger partial charge on any atom is -0.382 e. The summed E-state index contributed by atoms with van der Waals surface area (Å²) in [6.07, 6.45) is 0. The Morgan fingerprint density at radius 3 is 1.82 bits per heavy atom. The molecule has 0 aliphatic heterocycles. The van der Waals surface area contributed by atoms with Gasteiger partial charge >= 0.3 is 7.82 Å². The van der Waals surface area contributed by atoms with Gasteiger partial charge in [-0.1, -0.05) is 0 Å². The highest BCUT2D eigenvalue weighted by atomic mass is 35.5. The van der Waals surface area contributed by atoms with Gasteiger partial charge in [0.15, 0.2) is 0 Å². The van der Waals surface area contributed by atoms with Crippen molar-refractivity contribution in [1.29, 1.82) is 0 Å². The van der Waals surface area contributed by atoms with E-state index in [0.717, 1.165) is 0 Å². The smallest absolute Gasteiger partial charge is 0.382 e. The molecule has 0 aromatic rings. The van der Waals surface area contributed by atoms with Gasteiger partial charge in [-0.05, 0) is 0 Å². The van der Waals surface area contributed by atoms with E-state index in [4.69, 9.17) is 37.9 Å². The number of methoxy groups -OCH3 is 1. The van der Waals surface area contributed by atoms with E-state index in [1.165, 1.54) is 0 Å². The summed E-state index contributed by atoms with van der Waals surface area (Å²) in [6.45, 7) is 1.99. The van der Waals surface area contributed by atoms with E-state index in [2.05, 4.69) is 12.7 Å². The van der Waals surface area contributed by atoms with Gasteiger partial charge in [0.25, 0.3) is 0 Å². The van der Waals surface area contributed by atoms with Crippen LogP contribution in [0.3, 0.4) is 0 Å². The zero-order valence-electron chi connectivity index (χ0n) is 9.30. The summed E-state index contributed by atoms with van der Waals surface area (Å²) >= 11 is 9.70. The first-order valence-corrected chi connectivity index (χ1v) is 6.76. The molecule has 0 bridgehead atoms. The van der Waals surface area contributed by atoms with Crippen molar-refractivity contribution in [3.8, 4) is 0 Å².